The van der Waals surface area contributed by atoms with E-state index in [-0.39, 0.29) is 12.4 Å². The van der Waals surface area contributed by atoms with Gasteiger partial charge in [-0.05, 0) is 31.2 Å². The zero-order valence-electron chi connectivity index (χ0n) is 9.52. The molecule has 2 aromatic rings. The Hall–Kier alpha value is -1.81. The average Bonchev–Trinajstić information content (AvgIpc) is 2.73. The fourth-order valence-electron chi connectivity index (χ4n) is 1.55. The molecule has 0 aliphatic carbocycles. The minimum Gasteiger partial charge on any atom is -0.481 e. The molecule has 1 aromatic heterocycles. The van der Waals surface area contributed by atoms with Gasteiger partial charge in [0, 0.05) is 12.6 Å². The van der Waals surface area contributed by atoms with Crippen LogP contribution in [0.4, 0.5) is 4.39 Å². The van der Waals surface area contributed by atoms with Gasteiger partial charge < -0.3 is 14.9 Å². The standard InChI is InChI=1S/C13H14FNO2/c1-9-5-6-12(16-9)13(8-15)17-11-4-2-3-10(14)7-11/h2-7,13H,8,15H2,1H3. The van der Waals surface area contributed by atoms with E-state index in [1.807, 2.05) is 19.1 Å². The number of hydrogen-bond donors (Lipinski definition) is 1. The van der Waals surface area contributed by atoms with Crippen molar-refractivity contribution in [3.8, 4) is 5.75 Å². The second-order valence-electron chi connectivity index (χ2n) is 3.75. The molecule has 0 saturated carbocycles. The molecule has 0 bridgehead atoms. The van der Waals surface area contributed by atoms with Crippen molar-refractivity contribution in [2.45, 2.75) is 13.0 Å². The molecule has 4 heteroatoms. The van der Waals surface area contributed by atoms with E-state index < -0.39 is 6.10 Å². The molecule has 90 valence electrons. The van der Waals surface area contributed by atoms with Gasteiger partial charge in [0.05, 0.1) is 0 Å². The van der Waals surface area contributed by atoms with Crippen molar-refractivity contribution in [1.29, 1.82) is 0 Å². The van der Waals surface area contributed by atoms with Crippen LogP contribution < -0.4 is 10.5 Å². The van der Waals surface area contributed by atoms with Crippen molar-refractivity contribution in [1.82, 2.24) is 0 Å². The Morgan fingerprint density at radius 2 is 2.18 bits per heavy atom. The summed E-state index contributed by atoms with van der Waals surface area (Å²) in [6.45, 7) is 2.11. The lowest BCUT2D eigenvalue weighted by Crippen LogP contribution is -2.17. The highest BCUT2D eigenvalue weighted by atomic mass is 19.1. The first-order valence-corrected chi connectivity index (χ1v) is 5.37. The van der Waals surface area contributed by atoms with Gasteiger partial charge in [-0.25, -0.2) is 4.39 Å². The normalized spacial score (nSPS) is 12.4. The Labute approximate surface area is 99.0 Å². The van der Waals surface area contributed by atoms with Crippen molar-refractivity contribution in [3.05, 3.63) is 53.7 Å². The second kappa shape index (κ2) is 5.01. The van der Waals surface area contributed by atoms with Crippen molar-refractivity contribution < 1.29 is 13.5 Å². The summed E-state index contributed by atoms with van der Waals surface area (Å²) in [5.41, 5.74) is 5.62. The van der Waals surface area contributed by atoms with E-state index in [2.05, 4.69) is 0 Å². The summed E-state index contributed by atoms with van der Waals surface area (Å²) in [4.78, 5) is 0. The summed E-state index contributed by atoms with van der Waals surface area (Å²) >= 11 is 0. The molecule has 0 saturated heterocycles. The van der Waals surface area contributed by atoms with E-state index in [1.54, 1.807) is 12.1 Å². The molecule has 0 aliphatic heterocycles. The Bertz CT molecular complexity index is 496. The van der Waals surface area contributed by atoms with Crippen LogP contribution in [-0.4, -0.2) is 6.54 Å². The van der Waals surface area contributed by atoms with Gasteiger partial charge in [-0.1, -0.05) is 6.07 Å². The van der Waals surface area contributed by atoms with Crippen molar-refractivity contribution in [2.75, 3.05) is 6.54 Å². The van der Waals surface area contributed by atoms with Crippen LogP contribution in [-0.2, 0) is 0 Å². The summed E-state index contributed by atoms with van der Waals surface area (Å²) in [5, 5.41) is 0. The molecule has 2 rings (SSSR count). The molecule has 0 radical (unpaired) electrons. The smallest absolute Gasteiger partial charge is 0.168 e. The van der Waals surface area contributed by atoms with Crippen LogP contribution in [0.5, 0.6) is 5.75 Å². The molecule has 1 aromatic carbocycles. The number of ether oxygens (including phenoxy) is 1. The SMILES string of the molecule is Cc1ccc(C(CN)Oc2cccc(F)c2)o1. The van der Waals surface area contributed by atoms with E-state index in [9.17, 15) is 4.39 Å². The van der Waals surface area contributed by atoms with Gasteiger partial charge in [-0.15, -0.1) is 0 Å². The maximum absolute atomic E-state index is 13.0. The highest BCUT2D eigenvalue weighted by molar-refractivity contribution is 5.23. The molecule has 0 spiro atoms. The molecule has 0 fully saturated rings. The summed E-state index contributed by atoms with van der Waals surface area (Å²) < 4.78 is 24.0. The monoisotopic (exact) mass is 235 g/mol. The lowest BCUT2D eigenvalue weighted by atomic mass is 10.2. The van der Waals surface area contributed by atoms with E-state index >= 15 is 0 Å². The average molecular weight is 235 g/mol. The number of halogens is 1. The van der Waals surface area contributed by atoms with Crippen molar-refractivity contribution >= 4 is 0 Å². The molecule has 3 nitrogen and oxygen atoms in total. The first kappa shape index (κ1) is 11.7. The van der Waals surface area contributed by atoms with Gasteiger partial charge in [-0.3, -0.25) is 0 Å². The number of hydrogen-bond acceptors (Lipinski definition) is 3. The first-order valence-electron chi connectivity index (χ1n) is 5.37. The molecule has 1 unspecified atom stereocenters. The summed E-state index contributed by atoms with van der Waals surface area (Å²) in [7, 11) is 0. The van der Waals surface area contributed by atoms with Crippen molar-refractivity contribution in [3.63, 3.8) is 0 Å². The third-order valence-corrected chi connectivity index (χ3v) is 2.37. The lowest BCUT2D eigenvalue weighted by Gasteiger charge is -2.15. The Morgan fingerprint density at radius 1 is 1.35 bits per heavy atom. The topological polar surface area (TPSA) is 48.4 Å². The highest BCUT2D eigenvalue weighted by Crippen LogP contribution is 2.23. The van der Waals surface area contributed by atoms with Crippen LogP contribution in [0.1, 0.15) is 17.6 Å². The van der Waals surface area contributed by atoms with Crippen LogP contribution in [0, 0.1) is 12.7 Å². The fraction of sp³-hybridized carbons (Fsp3) is 0.231. The van der Waals surface area contributed by atoms with Crippen molar-refractivity contribution in [2.24, 2.45) is 5.73 Å². The number of furan rings is 1. The quantitative estimate of drug-likeness (QED) is 0.886. The summed E-state index contributed by atoms with van der Waals surface area (Å²) in [5.74, 6) is 1.54. The molecule has 2 N–H and O–H groups in total. The van der Waals surface area contributed by atoms with E-state index in [0.717, 1.165) is 5.76 Å². The van der Waals surface area contributed by atoms with Gasteiger partial charge in [0.15, 0.2) is 6.10 Å². The predicted octanol–water partition coefficient (Wildman–Crippen LogP) is 2.81. The van der Waals surface area contributed by atoms with Gasteiger partial charge in [0.2, 0.25) is 0 Å². The van der Waals surface area contributed by atoms with Crippen LogP contribution in [0.15, 0.2) is 40.8 Å². The second-order valence-corrected chi connectivity index (χ2v) is 3.75. The van der Waals surface area contributed by atoms with Gasteiger partial charge >= 0.3 is 0 Å². The number of rotatable bonds is 4. The minimum atomic E-state index is -0.398. The summed E-state index contributed by atoms with van der Waals surface area (Å²) in [6, 6.07) is 9.60. The molecule has 17 heavy (non-hydrogen) atoms. The maximum atomic E-state index is 13.0. The fourth-order valence-corrected chi connectivity index (χ4v) is 1.55. The van der Waals surface area contributed by atoms with E-state index in [0.29, 0.717) is 11.5 Å². The molecule has 0 aliphatic rings. The van der Waals surface area contributed by atoms with E-state index in [4.69, 9.17) is 14.9 Å². The number of aryl methyl sites for hydroxylation is 1. The zero-order chi connectivity index (χ0) is 12.3. The Kier molecular flexibility index (Phi) is 3.44. The van der Waals surface area contributed by atoms with Gasteiger partial charge in [0.25, 0.3) is 0 Å². The highest BCUT2D eigenvalue weighted by Gasteiger charge is 2.15. The Morgan fingerprint density at radius 3 is 2.76 bits per heavy atom. The first-order chi connectivity index (χ1) is 8.19. The molecule has 0 amide bonds. The van der Waals surface area contributed by atoms with Crippen LogP contribution in [0.25, 0.3) is 0 Å². The third-order valence-electron chi connectivity index (χ3n) is 2.37. The van der Waals surface area contributed by atoms with E-state index in [1.165, 1.54) is 12.1 Å². The molecular weight excluding hydrogens is 221 g/mol. The summed E-state index contributed by atoms with van der Waals surface area (Å²) in [6.07, 6.45) is -0.398. The zero-order valence-corrected chi connectivity index (χ0v) is 9.52. The van der Waals surface area contributed by atoms with Crippen LogP contribution in [0.3, 0.4) is 0 Å². The van der Waals surface area contributed by atoms with Crippen LogP contribution >= 0.6 is 0 Å². The third kappa shape index (κ3) is 2.85. The molecular formula is C13H14FNO2. The number of benzene rings is 1. The molecule has 1 heterocycles. The number of nitrogens with two attached hydrogens (primary N) is 1. The Balaban J connectivity index is 2.15. The van der Waals surface area contributed by atoms with Gasteiger partial charge in [-0.2, -0.15) is 0 Å². The maximum Gasteiger partial charge on any atom is 0.168 e. The predicted molar refractivity (Wildman–Crippen MR) is 62.3 cm³/mol. The largest absolute Gasteiger partial charge is 0.481 e. The molecule has 1 atom stereocenters. The van der Waals surface area contributed by atoms with Crippen LogP contribution in [0.2, 0.25) is 0 Å². The van der Waals surface area contributed by atoms with Gasteiger partial charge in [0.1, 0.15) is 23.1 Å². The lowest BCUT2D eigenvalue weighted by molar-refractivity contribution is 0.182. The minimum absolute atomic E-state index is 0.267.